The highest BCUT2D eigenvalue weighted by atomic mass is 32.4. The van der Waals surface area contributed by atoms with E-state index in [9.17, 15) is 0 Å². The SMILES string of the molecule is CN1c2ccccc2N2c3c(-c4ccc5cc(P(=S)(c6ccccc6)c6ccccc6)ccc5c4)cccc3-c3ccccc3C12. The lowest BCUT2D eigenvalue weighted by Gasteiger charge is -2.39. The Labute approximate surface area is 275 Å². The molecule has 0 saturated heterocycles. The fourth-order valence-electron chi connectivity index (χ4n) is 7.53. The van der Waals surface area contributed by atoms with E-state index in [0.29, 0.717) is 0 Å². The van der Waals surface area contributed by atoms with Crippen molar-refractivity contribution in [2.24, 2.45) is 0 Å². The van der Waals surface area contributed by atoms with Crippen LogP contribution in [0.2, 0.25) is 0 Å². The first-order chi connectivity index (χ1) is 22.6. The molecule has 1 atom stereocenters. The number of hydrogen-bond donors (Lipinski definition) is 0. The molecule has 0 amide bonds. The third-order valence-corrected chi connectivity index (χ3v) is 14.6. The molecule has 0 N–H and O–H groups in total. The first kappa shape index (κ1) is 27.4. The quantitative estimate of drug-likeness (QED) is 0.180. The van der Waals surface area contributed by atoms with Crippen molar-refractivity contribution in [1.82, 2.24) is 0 Å². The van der Waals surface area contributed by atoms with E-state index in [-0.39, 0.29) is 6.17 Å². The highest BCUT2D eigenvalue weighted by Crippen LogP contribution is 2.58. The molecule has 2 aliphatic heterocycles. The molecular weight excluding hydrogens is 596 g/mol. The van der Waals surface area contributed by atoms with Gasteiger partial charge in [-0.1, -0.05) is 151 Å². The van der Waals surface area contributed by atoms with Crippen molar-refractivity contribution in [3.05, 3.63) is 169 Å². The maximum atomic E-state index is 6.65. The van der Waals surface area contributed by atoms with Crippen molar-refractivity contribution in [3.8, 4) is 22.3 Å². The van der Waals surface area contributed by atoms with Crippen LogP contribution in [0.4, 0.5) is 17.1 Å². The normalized spacial score (nSPS) is 14.8. The highest BCUT2D eigenvalue weighted by Gasteiger charge is 2.42. The topological polar surface area (TPSA) is 6.48 Å². The molecule has 7 aromatic rings. The lowest BCUT2D eigenvalue weighted by molar-refractivity contribution is 0.714. The van der Waals surface area contributed by atoms with Crippen LogP contribution in [-0.4, -0.2) is 7.05 Å². The molecule has 0 fully saturated rings. The average molecular weight is 627 g/mol. The number of rotatable bonds is 4. The Hall–Kier alpha value is -4.95. The minimum atomic E-state index is -2.22. The second-order valence-corrected chi connectivity index (χ2v) is 16.6. The van der Waals surface area contributed by atoms with Gasteiger partial charge in [0.25, 0.3) is 0 Å². The van der Waals surface area contributed by atoms with Crippen LogP contribution in [0, 0.1) is 0 Å². The number of fused-ring (bicyclic) bond motifs is 9. The summed E-state index contributed by atoms with van der Waals surface area (Å²) in [6.45, 7) is 0. The first-order valence-corrected chi connectivity index (χ1v) is 18.5. The number of anilines is 3. The molecule has 0 aliphatic carbocycles. The number of nitrogens with zero attached hydrogens (tertiary/aromatic N) is 2. The third-order valence-electron chi connectivity index (χ3n) is 9.68. The Morgan fingerprint density at radius 1 is 0.500 bits per heavy atom. The predicted octanol–water partition coefficient (Wildman–Crippen LogP) is 9.53. The Morgan fingerprint density at radius 3 is 1.85 bits per heavy atom. The van der Waals surface area contributed by atoms with E-state index < -0.39 is 6.04 Å². The van der Waals surface area contributed by atoms with Gasteiger partial charge in [-0.2, -0.15) is 0 Å². The predicted molar refractivity (Wildman–Crippen MR) is 201 cm³/mol. The van der Waals surface area contributed by atoms with Crippen molar-refractivity contribution in [2.45, 2.75) is 6.17 Å². The van der Waals surface area contributed by atoms with Gasteiger partial charge in [0.2, 0.25) is 0 Å². The lowest BCUT2D eigenvalue weighted by Crippen LogP contribution is -2.33. The highest BCUT2D eigenvalue weighted by molar-refractivity contribution is 8.25. The summed E-state index contributed by atoms with van der Waals surface area (Å²) in [5.41, 5.74) is 10.1. The Balaban J connectivity index is 1.21. The summed E-state index contributed by atoms with van der Waals surface area (Å²) in [4.78, 5) is 4.96. The molecule has 7 aromatic carbocycles. The van der Waals surface area contributed by atoms with E-state index in [1.807, 2.05) is 0 Å². The number of hydrogen-bond acceptors (Lipinski definition) is 3. The van der Waals surface area contributed by atoms with Gasteiger partial charge in [-0.25, -0.2) is 0 Å². The average Bonchev–Trinajstić information content (AvgIpc) is 3.43. The Kier molecular flexibility index (Phi) is 6.28. The first-order valence-electron chi connectivity index (χ1n) is 15.7. The van der Waals surface area contributed by atoms with Crippen molar-refractivity contribution >= 4 is 61.6 Å². The summed E-state index contributed by atoms with van der Waals surface area (Å²) in [5.74, 6) is 0. The summed E-state index contributed by atoms with van der Waals surface area (Å²) in [7, 11) is 2.22. The third kappa shape index (κ3) is 3.99. The molecule has 2 nitrogen and oxygen atoms in total. The molecule has 0 spiro atoms. The smallest absolute Gasteiger partial charge is 0.133 e. The van der Waals surface area contributed by atoms with Crippen LogP contribution in [0.1, 0.15) is 11.7 Å². The second-order valence-electron chi connectivity index (χ2n) is 12.2. The summed E-state index contributed by atoms with van der Waals surface area (Å²) in [5, 5.41) is 6.07. The number of para-hydroxylation sites is 3. The van der Waals surface area contributed by atoms with E-state index >= 15 is 0 Å². The summed E-state index contributed by atoms with van der Waals surface area (Å²) >= 11 is 6.65. The molecule has 2 heterocycles. The largest absolute Gasteiger partial charge is 0.348 e. The zero-order valence-electron chi connectivity index (χ0n) is 25.4. The molecule has 0 radical (unpaired) electrons. The molecule has 9 rings (SSSR count). The van der Waals surface area contributed by atoms with Gasteiger partial charge in [0.05, 0.1) is 17.1 Å². The molecule has 46 heavy (non-hydrogen) atoms. The van der Waals surface area contributed by atoms with E-state index in [4.69, 9.17) is 11.8 Å². The second kappa shape index (κ2) is 10.6. The molecule has 0 bridgehead atoms. The standard InChI is InChI=1S/C42H31N2PS/c1-43-39-21-10-11-22-40(39)44-41-35(19-12-20-37(41)36-17-8-9-18-38(36)42(43)44)31-24-23-30-28-34(26-25-29(30)27-31)45(46,32-13-4-2-5-14-32)33-15-6-3-7-16-33/h2-28,42H,1H3. The van der Waals surface area contributed by atoms with Gasteiger partial charge >= 0.3 is 0 Å². The monoisotopic (exact) mass is 626 g/mol. The van der Waals surface area contributed by atoms with Crippen LogP contribution in [0.5, 0.6) is 0 Å². The maximum absolute atomic E-state index is 6.65. The van der Waals surface area contributed by atoms with Crippen LogP contribution >= 0.6 is 6.04 Å². The van der Waals surface area contributed by atoms with Gasteiger partial charge in [0.15, 0.2) is 0 Å². The van der Waals surface area contributed by atoms with Gasteiger partial charge in [0, 0.05) is 29.8 Å². The van der Waals surface area contributed by atoms with Crippen LogP contribution in [-0.2, 0) is 11.8 Å². The van der Waals surface area contributed by atoms with Gasteiger partial charge in [0.1, 0.15) is 6.17 Å². The molecule has 220 valence electrons. The molecule has 2 aliphatic rings. The van der Waals surface area contributed by atoms with Crippen LogP contribution in [0.3, 0.4) is 0 Å². The lowest BCUT2D eigenvalue weighted by atomic mass is 9.87. The molecule has 0 aromatic heterocycles. The van der Waals surface area contributed by atoms with E-state index in [2.05, 4.69) is 181 Å². The minimum Gasteiger partial charge on any atom is -0.348 e. The van der Waals surface area contributed by atoms with Gasteiger partial charge < -0.3 is 9.80 Å². The Bertz CT molecular complexity index is 2290. The summed E-state index contributed by atoms with van der Waals surface area (Å²) in [6, 6.07) is 57.3. The van der Waals surface area contributed by atoms with Crippen molar-refractivity contribution < 1.29 is 0 Å². The van der Waals surface area contributed by atoms with Gasteiger partial charge in [-0.3, -0.25) is 0 Å². The molecule has 0 saturated carbocycles. The molecule has 1 unspecified atom stereocenters. The zero-order valence-corrected chi connectivity index (χ0v) is 27.1. The van der Waals surface area contributed by atoms with Crippen molar-refractivity contribution in [1.29, 1.82) is 0 Å². The minimum absolute atomic E-state index is 0.102. The van der Waals surface area contributed by atoms with E-state index in [0.717, 1.165) is 0 Å². The Morgan fingerprint density at radius 2 is 1.09 bits per heavy atom. The summed E-state index contributed by atoms with van der Waals surface area (Å²) in [6.07, 6.45) is 0.102. The van der Waals surface area contributed by atoms with Gasteiger partial charge in [-0.15, -0.1) is 0 Å². The van der Waals surface area contributed by atoms with E-state index in [1.165, 1.54) is 71.6 Å². The zero-order chi connectivity index (χ0) is 30.8. The van der Waals surface area contributed by atoms with Crippen molar-refractivity contribution in [3.63, 3.8) is 0 Å². The van der Waals surface area contributed by atoms with Crippen LogP contribution < -0.4 is 25.7 Å². The fourth-order valence-corrected chi connectivity index (χ4v) is 11.3. The van der Waals surface area contributed by atoms with Crippen LogP contribution in [0.25, 0.3) is 33.0 Å². The molecular formula is C42H31N2PS. The fraction of sp³-hybridized carbons (Fsp3) is 0.0476. The van der Waals surface area contributed by atoms with Gasteiger partial charge in [-0.05, 0) is 62.1 Å². The van der Waals surface area contributed by atoms with E-state index in [1.54, 1.807) is 0 Å². The summed E-state index contributed by atoms with van der Waals surface area (Å²) < 4.78 is 0. The van der Waals surface area contributed by atoms with Crippen molar-refractivity contribution in [2.75, 3.05) is 16.8 Å². The maximum Gasteiger partial charge on any atom is 0.133 e. The number of benzene rings is 7. The molecule has 4 heteroatoms. The van der Waals surface area contributed by atoms with Crippen LogP contribution in [0.15, 0.2) is 164 Å².